The zero-order chi connectivity index (χ0) is 32.6. The second-order valence-corrected chi connectivity index (χ2v) is 10.3. The molecule has 1 aromatic rings. The van der Waals surface area contributed by atoms with E-state index in [0.717, 1.165) is 35.4 Å². The summed E-state index contributed by atoms with van der Waals surface area (Å²) in [5.41, 5.74) is 12.3. The average molecular weight is 610 g/mol. The average Bonchev–Trinajstić information content (AvgIpc) is 3.01. The number of nitrogens with two attached hydrogens (primary N) is 1. The molecule has 10 heteroatoms. The number of rotatable bonds is 21. The van der Waals surface area contributed by atoms with Crippen molar-refractivity contribution in [3.8, 4) is 11.8 Å². The molecule has 0 aliphatic heterocycles. The summed E-state index contributed by atoms with van der Waals surface area (Å²) >= 11 is 0. The number of allylic oxidation sites excluding steroid dienone is 5. The summed E-state index contributed by atoms with van der Waals surface area (Å²) in [7, 11) is 3.42. The smallest absolute Gasteiger partial charge is 0.122 e. The Bertz CT molecular complexity index is 1190. The van der Waals surface area contributed by atoms with Crippen molar-refractivity contribution < 1.29 is 23.8 Å². The molecule has 44 heavy (non-hydrogen) atoms. The topological polar surface area (TPSA) is 132 Å². The summed E-state index contributed by atoms with van der Waals surface area (Å²) in [6.45, 7) is 13.5. The highest BCUT2D eigenvalue weighted by Crippen LogP contribution is 2.34. The zero-order valence-corrected chi connectivity index (χ0v) is 27.4. The molecule has 0 unspecified atom stereocenters. The first-order chi connectivity index (χ1) is 21.2. The van der Waals surface area contributed by atoms with Gasteiger partial charge in [0.2, 0.25) is 0 Å². The monoisotopic (exact) mass is 609 g/mol. The number of nitriles is 1. The first kappa shape index (κ1) is 38.1. The predicted octanol–water partition coefficient (Wildman–Crippen LogP) is 5.23. The van der Waals surface area contributed by atoms with Gasteiger partial charge in [0.25, 0.3) is 0 Å². The minimum atomic E-state index is -0.471. The number of hydrogen-bond acceptors (Lipinski definition) is 9. The lowest BCUT2D eigenvalue weighted by atomic mass is 9.76. The van der Waals surface area contributed by atoms with E-state index in [-0.39, 0.29) is 0 Å². The van der Waals surface area contributed by atoms with Crippen molar-refractivity contribution in [2.24, 2.45) is 10.7 Å². The first-order valence-corrected chi connectivity index (χ1v) is 14.8. The molecule has 0 radical (unpaired) electrons. The largest absolute Gasteiger partial charge is 0.497 e. The van der Waals surface area contributed by atoms with Crippen molar-refractivity contribution in [1.29, 1.82) is 5.26 Å². The maximum atomic E-state index is 9.46. The third-order valence-electron chi connectivity index (χ3n) is 6.25. The number of amidine groups is 1. The van der Waals surface area contributed by atoms with Crippen molar-refractivity contribution in [2.45, 2.75) is 46.5 Å². The molecule has 1 aromatic carbocycles. The number of hydrogen-bond donors (Lipinski definition) is 3. The van der Waals surface area contributed by atoms with E-state index in [2.05, 4.69) is 48.7 Å². The number of nitrogens with one attached hydrogen (secondary N) is 2. The van der Waals surface area contributed by atoms with E-state index >= 15 is 0 Å². The molecule has 0 saturated heterocycles. The summed E-state index contributed by atoms with van der Waals surface area (Å²) < 4.78 is 22.6. The quantitative estimate of drug-likeness (QED) is 0.0326. The standard InChI is InChI=1S/C34H51N5O5/c1-8-9-10-29(24-38-28(3)39-40-7)25-44-33-13-11-30(12-14-33)34(4,5)31(21-27(2)23-35)22-32(36)26-43-20-19-42-18-17-41-16-15-37-6/h9-14,21-22,24,26,37H,8,15-20,25,36H2,1-7H3,(H,38,39)/b10-9+,27-21?,29-24+,31-22+,32-26-. The van der Waals surface area contributed by atoms with E-state index in [0.29, 0.717) is 56.7 Å². The summed E-state index contributed by atoms with van der Waals surface area (Å²) in [5, 5.41) is 12.5. The molecule has 0 aliphatic carbocycles. The van der Waals surface area contributed by atoms with E-state index in [1.54, 1.807) is 20.2 Å². The van der Waals surface area contributed by atoms with Gasteiger partial charge in [0.1, 0.15) is 31.1 Å². The van der Waals surface area contributed by atoms with E-state index in [4.69, 9.17) is 29.5 Å². The fourth-order valence-electron chi connectivity index (χ4n) is 3.69. The SMILES string of the molecule is CC/C=C/C(=C\N=C(C)NOC)COc1ccc(C(C)(C)/C(C=C(C)C#N)=C/C(N)=C/OCCOCCOCCNC)cc1. The Kier molecular flexibility index (Phi) is 19.6. The molecule has 4 N–H and O–H groups in total. The Morgan fingerprint density at radius 1 is 1.05 bits per heavy atom. The minimum absolute atomic E-state index is 0.356. The van der Waals surface area contributed by atoms with Gasteiger partial charge in [0.15, 0.2) is 0 Å². The van der Waals surface area contributed by atoms with Crippen LogP contribution in [0.5, 0.6) is 5.75 Å². The number of benzene rings is 1. The van der Waals surface area contributed by atoms with Crippen LogP contribution in [0.25, 0.3) is 0 Å². The van der Waals surface area contributed by atoms with Crippen LogP contribution in [0.15, 0.2) is 88.4 Å². The molecule has 0 spiro atoms. The van der Waals surface area contributed by atoms with Gasteiger partial charge in [-0.2, -0.15) is 5.26 Å². The molecular weight excluding hydrogens is 558 g/mol. The number of aliphatic imine (C=N–C) groups is 1. The number of hydroxylamine groups is 1. The van der Waals surface area contributed by atoms with E-state index < -0.39 is 5.41 Å². The molecule has 0 fully saturated rings. The van der Waals surface area contributed by atoms with Crippen LogP contribution in [0.1, 0.15) is 46.6 Å². The number of nitrogens with zero attached hydrogens (tertiary/aromatic N) is 2. The Labute approximate surface area is 263 Å². The van der Waals surface area contributed by atoms with Crippen molar-refractivity contribution in [3.63, 3.8) is 0 Å². The Balaban J connectivity index is 2.94. The number of likely N-dealkylation sites (N-methyl/N-ethyl adjacent to an activating group) is 1. The van der Waals surface area contributed by atoms with Crippen LogP contribution >= 0.6 is 0 Å². The van der Waals surface area contributed by atoms with Crippen molar-refractivity contribution in [3.05, 3.63) is 89.0 Å². The Hall–Kier alpha value is -3.88. The highest BCUT2D eigenvalue weighted by molar-refractivity contribution is 5.79. The van der Waals surface area contributed by atoms with Crippen LogP contribution in [-0.2, 0) is 24.5 Å². The normalized spacial score (nSPS) is 13.7. The van der Waals surface area contributed by atoms with Crippen molar-refractivity contribution in [1.82, 2.24) is 10.8 Å². The first-order valence-electron chi connectivity index (χ1n) is 14.8. The fraction of sp³-hybridized carbons (Fsp3) is 0.471. The van der Waals surface area contributed by atoms with Gasteiger partial charge in [-0.25, -0.2) is 4.99 Å². The molecule has 0 heterocycles. The second kappa shape index (κ2) is 22.6. The van der Waals surface area contributed by atoms with Gasteiger partial charge in [-0.3, -0.25) is 10.3 Å². The van der Waals surface area contributed by atoms with Gasteiger partial charge < -0.3 is 30.0 Å². The molecule has 0 bridgehead atoms. The molecule has 1 rings (SSSR count). The van der Waals surface area contributed by atoms with Crippen LogP contribution in [-0.4, -0.2) is 66.2 Å². The summed E-state index contributed by atoms with van der Waals surface area (Å²) in [6.07, 6.45) is 11.9. The van der Waals surface area contributed by atoms with Gasteiger partial charge in [-0.15, -0.1) is 0 Å². The van der Waals surface area contributed by atoms with Crippen molar-refractivity contribution in [2.75, 3.05) is 60.3 Å². The highest BCUT2D eigenvalue weighted by atomic mass is 16.6. The molecular formula is C34H51N5O5. The van der Waals surface area contributed by atoms with Crippen LogP contribution in [0.4, 0.5) is 0 Å². The van der Waals surface area contributed by atoms with Crippen molar-refractivity contribution >= 4 is 5.84 Å². The van der Waals surface area contributed by atoms with Gasteiger partial charge in [-0.1, -0.05) is 45.1 Å². The molecule has 10 nitrogen and oxygen atoms in total. The lowest BCUT2D eigenvalue weighted by molar-refractivity contribution is 0.0315. The van der Waals surface area contributed by atoms with E-state index in [9.17, 15) is 5.26 Å². The predicted molar refractivity (Wildman–Crippen MR) is 177 cm³/mol. The van der Waals surface area contributed by atoms with Gasteiger partial charge in [-0.05, 0) is 62.7 Å². The Morgan fingerprint density at radius 2 is 1.73 bits per heavy atom. The zero-order valence-electron chi connectivity index (χ0n) is 27.4. The second-order valence-electron chi connectivity index (χ2n) is 10.3. The van der Waals surface area contributed by atoms with Crippen LogP contribution < -0.4 is 21.3 Å². The molecule has 242 valence electrons. The minimum Gasteiger partial charge on any atom is -0.497 e. The van der Waals surface area contributed by atoms with Crippen LogP contribution in [0.2, 0.25) is 0 Å². The number of ether oxygens (including phenoxy) is 4. The summed E-state index contributed by atoms with van der Waals surface area (Å²) in [6, 6.07) is 10.1. The van der Waals surface area contributed by atoms with E-state index in [1.807, 2.05) is 56.5 Å². The maximum Gasteiger partial charge on any atom is 0.122 e. The molecule has 0 aliphatic rings. The maximum absolute atomic E-state index is 9.46. The third kappa shape index (κ3) is 16.1. The summed E-state index contributed by atoms with van der Waals surface area (Å²) in [4.78, 5) is 9.25. The lowest BCUT2D eigenvalue weighted by Gasteiger charge is -2.28. The lowest BCUT2D eigenvalue weighted by Crippen LogP contribution is -2.20. The van der Waals surface area contributed by atoms with E-state index in [1.165, 1.54) is 6.26 Å². The molecule has 0 aromatic heterocycles. The van der Waals surface area contributed by atoms with Crippen LogP contribution in [0.3, 0.4) is 0 Å². The van der Waals surface area contributed by atoms with Crippen LogP contribution in [0, 0.1) is 11.3 Å². The third-order valence-corrected chi connectivity index (χ3v) is 6.25. The molecule has 0 saturated carbocycles. The van der Waals surface area contributed by atoms with Gasteiger partial charge in [0.05, 0.1) is 45.3 Å². The highest BCUT2D eigenvalue weighted by Gasteiger charge is 2.25. The summed E-state index contributed by atoms with van der Waals surface area (Å²) in [5.74, 6) is 1.37. The Morgan fingerprint density at radius 3 is 2.36 bits per heavy atom. The molecule has 0 amide bonds. The van der Waals surface area contributed by atoms with Gasteiger partial charge in [0, 0.05) is 29.3 Å². The molecule has 0 atom stereocenters. The fourth-order valence-corrected chi connectivity index (χ4v) is 3.69. The van der Waals surface area contributed by atoms with Gasteiger partial charge >= 0.3 is 0 Å².